The summed E-state index contributed by atoms with van der Waals surface area (Å²) < 4.78 is 13.5. The van der Waals surface area contributed by atoms with Gasteiger partial charge >= 0.3 is 0 Å². The lowest BCUT2D eigenvalue weighted by Crippen LogP contribution is -2.36. The van der Waals surface area contributed by atoms with Gasteiger partial charge in [0.15, 0.2) is 0 Å². The van der Waals surface area contributed by atoms with Gasteiger partial charge in [-0.1, -0.05) is 0 Å². The molecule has 0 radical (unpaired) electrons. The Balaban J connectivity index is 1.87. The molecule has 0 spiro atoms. The van der Waals surface area contributed by atoms with Crippen LogP contribution < -0.4 is 5.32 Å². The van der Waals surface area contributed by atoms with E-state index in [0.717, 1.165) is 25.9 Å². The van der Waals surface area contributed by atoms with Crippen LogP contribution in [-0.4, -0.2) is 37.5 Å². The van der Waals surface area contributed by atoms with Gasteiger partial charge in [0.05, 0.1) is 5.56 Å². The molecule has 0 atom stereocenters. The average Bonchev–Trinajstić information content (AvgIpc) is 2.37. The number of rotatable bonds is 3. The summed E-state index contributed by atoms with van der Waals surface area (Å²) in [5.74, 6) is 0.0453. The van der Waals surface area contributed by atoms with E-state index in [0.29, 0.717) is 22.5 Å². The molecule has 0 aliphatic carbocycles. The summed E-state index contributed by atoms with van der Waals surface area (Å²) in [5, 5.41) is 2.93. The number of amides is 1. The second-order valence-corrected chi connectivity index (χ2v) is 5.94. The Morgan fingerprint density at radius 2 is 2.16 bits per heavy atom. The number of hydrogen-bond acceptors (Lipinski definition) is 2. The fourth-order valence-electron chi connectivity index (χ4n) is 2.27. The maximum atomic E-state index is 13.0. The van der Waals surface area contributed by atoms with Gasteiger partial charge in [-0.2, -0.15) is 0 Å². The summed E-state index contributed by atoms with van der Waals surface area (Å²) >= 11 is 3.21. The number of benzene rings is 1. The van der Waals surface area contributed by atoms with Crippen molar-refractivity contribution in [2.75, 3.05) is 26.7 Å². The molecule has 0 aromatic heterocycles. The predicted octanol–water partition coefficient (Wildman–Crippen LogP) is 2.66. The van der Waals surface area contributed by atoms with Crippen molar-refractivity contribution < 1.29 is 9.18 Å². The standard InChI is InChI=1S/C14H18BrFN2O/c1-18-6-4-10(5-7-18)9-17-14(19)12-3-2-11(16)8-13(12)15/h2-3,8,10H,4-7,9H2,1H3,(H,17,19). The highest BCUT2D eigenvalue weighted by molar-refractivity contribution is 9.10. The zero-order valence-electron chi connectivity index (χ0n) is 11.0. The Morgan fingerprint density at radius 1 is 1.47 bits per heavy atom. The first-order chi connectivity index (χ1) is 9.06. The Hall–Kier alpha value is -0.940. The van der Waals surface area contributed by atoms with Crippen LogP contribution in [0.3, 0.4) is 0 Å². The van der Waals surface area contributed by atoms with Gasteiger partial charge < -0.3 is 10.2 Å². The van der Waals surface area contributed by atoms with Gasteiger partial charge in [0.2, 0.25) is 0 Å². The topological polar surface area (TPSA) is 32.3 Å². The molecule has 0 bridgehead atoms. The van der Waals surface area contributed by atoms with E-state index in [1.807, 2.05) is 0 Å². The van der Waals surface area contributed by atoms with Crippen molar-refractivity contribution in [1.82, 2.24) is 10.2 Å². The molecule has 1 fully saturated rings. The van der Waals surface area contributed by atoms with Gasteiger partial charge in [-0.25, -0.2) is 4.39 Å². The van der Waals surface area contributed by atoms with Gasteiger partial charge in [0.25, 0.3) is 5.91 Å². The van der Waals surface area contributed by atoms with Crippen LogP contribution in [0.2, 0.25) is 0 Å². The third-order valence-electron chi connectivity index (χ3n) is 3.57. The molecule has 104 valence electrons. The van der Waals surface area contributed by atoms with E-state index in [2.05, 4.69) is 33.2 Å². The van der Waals surface area contributed by atoms with E-state index in [1.54, 1.807) is 0 Å². The molecule has 3 nitrogen and oxygen atoms in total. The molecule has 1 aromatic carbocycles. The first kappa shape index (κ1) is 14.5. The summed E-state index contributed by atoms with van der Waals surface area (Å²) in [6, 6.07) is 4.11. The molecule has 2 rings (SSSR count). The normalized spacial score (nSPS) is 17.4. The number of nitrogens with zero attached hydrogens (tertiary/aromatic N) is 1. The van der Waals surface area contributed by atoms with Crippen LogP contribution in [0.15, 0.2) is 22.7 Å². The molecule has 0 unspecified atom stereocenters. The quantitative estimate of drug-likeness (QED) is 0.925. The zero-order valence-corrected chi connectivity index (χ0v) is 12.5. The van der Waals surface area contributed by atoms with Crippen molar-refractivity contribution >= 4 is 21.8 Å². The largest absolute Gasteiger partial charge is 0.352 e. The number of nitrogens with one attached hydrogen (secondary N) is 1. The van der Waals surface area contributed by atoms with Crippen molar-refractivity contribution in [2.24, 2.45) is 5.92 Å². The molecule has 1 aliphatic heterocycles. The van der Waals surface area contributed by atoms with Crippen molar-refractivity contribution in [3.05, 3.63) is 34.1 Å². The Bertz CT molecular complexity index is 459. The van der Waals surface area contributed by atoms with E-state index in [-0.39, 0.29) is 11.7 Å². The lowest BCUT2D eigenvalue weighted by Gasteiger charge is -2.28. The first-order valence-corrected chi connectivity index (χ1v) is 7.27. The van der Waals surface area contributed by atoms with Crippen LogP contribution in [0.1, 0.15) is 23.2 Å². The molecule has 1 heterocycles. The van der Waals surface area contributed by atoms with Crippen LogP contribution in [0.4, 0.5) is 4.39 Å². The summed E-state index contributed by atoms with van der Waals surface area (Å²) in [6.07, 6.45) is 2.22. The molecule has 1 aliphatic rings. The molecule has 1 aromatic rings. The minimum Gasteiger partial charge on any atom is -0.352 e. The van der Waals surface area contributed by atoms with Gasteiger partial charge in [0.1, 0.15) is 5.82 Å². The maximum Gasteiger partial charge on any atom is 0.252 e. The fraction of sp³-hybridized carbons (Fsp3) is 0.500. The monoisotopic (exact) mass is 328 g/mol. The van der Waals surface area contributed by atoms with E-state index < -0.39 is 0 Å². The third-order valence-corrected chi connectivity index (χ3v) is 4.22. The van der Waals surface area contributed by atoms with Crippen molar-refractivity contribution in [3.63, 3.8) is 0 Å². The highest BCUT2D eigenvalue weighted by Gasteiger charge is 2.18. The molecular weight excluding hydrogens is 311 g/mol. The average molecular weight is 329 g/mol. The molecule has 1 saturated heterocycles. The Labute approximate surface area is 121 Å². The molecule has 1 amide bonds. The summed E-state index contributed by atoms with van der Waals surface area (Å²) in [6.45, 7) is 2.86. The molecule has 1 N–H and O–H groups in total. The lowest BCUT2D eigenvalue weighted by molar-refractivity contribution is 0.0938. The smallest absolute Gasteiger partial charge is 0.252 e. The predicted molar refractivity (Wildman–Crippen MR) is 76.7 cm³/mol. The van der Waals surface area contributed by atoms with Crippen molar-refractivity contribution in [2.45, 2.75) is 12.8 Å². The summed E-state index contributed by atoms with van der Waals surface area (Å²) in [4.78, 5) is 14.3. The summed E-state index contributed by atoms with van der Waals surface area (Å²) in [7, 11) is 2.12. The van der Waals surface area contributed by atoms with E-state index in [1.165, 1.54) is 18.2 Å². The van der Waals surface area contributed by atoms with Crippen LogP contribution in [-0.2, 0) is 0 Å². The molecule has 5 heteroatoms. The molecule has 0 saturated carbocycles. The van der Waals surface area contributed by atoms with Crippen molar-refractivity contribution in [3.8, 4) is 0 Å². The number of carbonyl (C=O) groups is 1. The Kier molecular flexibility index (Phi) is 4.93. The van der Waals surface area contributed by atoms with E-state index >= 15 is 0 Å². The number of piperidine rings is 1. The molecule has 19 heavy (non-hydrogen) atoms. The van der Waals surface area contributed by atoms with Crippen LogP contribution in [0, 0.1) is 11.7 Å². The minimum atomic E-state index is -0.348. The van der Waals surface area contributed by atoms with Gasteiger partial charge in [-0.3, -0.25) is 4.79 Å². The second-order valence-electron chi connectivity index (χ2n) is 5.08. The number of hydrogen-bond donors (Lipinski definition) is 1. The lowest BCUT2D eigenvalue weighted by atomic mass is 9.97. The van der Waals surface area contributed by atoms with E-state index in [4.69, 9.17) is 0 Å². The van der Waals surface area contributed by atoms with Gasteiger partial charge in [0, 0.05) is 11.0 Å². The van der Waals surface area contributed by atoms with Crippen LogP contribution in [0.5, 0.6) is 0 Å². The van der Waals surface area contributed by atoms with E-state index in [9.17, 15) is 9.18 Å². The highest BCUT2D eigenvalue weighted by atomic mass is 79.9. The number of halogens is 2. The highest BCUT2D eigenvalue weighted by Crippen LogP contribution is 2.19. The van der Waals surface area contributed by atoms with Crippen LogP contribution in [0.25, 0.3) is 0 Å². The SMILES string of the molecule is CN1CCC(CNC(=O)c2ccc(F)cc2Br)CC1. The fourth-order valence-corrected chi connectivity index (χ4v) is 2.80. The second kappa shape index (κ2) is 6.48. The third kappa shape index (κ3) is 4.01. The van der Waals surface area contributed by atoms with Gasteiger partial charge in [-0.15, -0.1) is 0 Å². The minimum absolute atomic E-state index is 0.147. The summed E-state index contributed by atoms with van der Waals surface area (Å²) in [5.41, 5.74) is 0.481. The first-order valence-electron chi connectivity index (χ1n) is 6.48. The van der Waals surface area contributed by atoms with Gasteiger partial charge in [-0.05, 0) is 73.0 Å². The zero-order chi connectivity index (χ0) is 13.8. The number of carbonyl (C=O) groups excluding carboxylic acids is 1. The molecular formula is C14H18BrFN2O. The maximum absolute atomic E-state index is 13.0. The Morgan fingerprint density at radius 3 is 2.79 bits per heavy atom. The van der Waals surface area contributed by atoms with Crippen molar-refractivity contribution in [1.29, 1.82) is 0 Å². The number of likely N-dealkylation sites (tertiary alicyclic amines) is 1. The van der Waals surface area contributed by atoms with Crippen LogP contribution >= 0.6 is 15.9 Å².